The Morgan fingerprint density at radius 3 is 2.36 bits per heavy atom. The molecule has 2 aliphatic rings. The molecule has 5 nitrogen and oxygen atoms in total. The number of nitrogens with two attached hydrogens (primary N) is 1. The molecule has 2 saturated carbocycles. The number of rotatable bonds is 5. The molecule has 0 aliphatic heterocycles. The molecule has 2 aromatic carbocycles. The van der Waals surface area contributed by atoms with Crippen LogP contribution in [0.15, 0.2) is 54.6 Å². The van der Waals surface area contributed by atoms with E-state index in [0.29, 0.717) is 18.3 Å². The van der Waals surface area contributed by atoms with Crippen molar-refractivity contribution in [3.63, 3.8) is 0 Å². The van der Waals surface area contributed by atoms with Gasteiger partial charge in [-0.1, -0.05) is 30.3 Å². The van der Waals surface area contributed by atoms with Crippen LogP contribution in [0.1, 0.15) is 24.8 Å². The molecule has 2 aromatic rings. The number of amides is 2. The fourth-order valence-corrected chi connectivity index (χ4v) is 4.75. The van der Waals surface area contributed by atoms with Crippen LogP contribution < -0.4 is 16.0 Å². The van der Waals surface area contributed by atoms with Gasteiger partial charge < -0.3 is 16.0 Å². The molecule has 28 heavy (non-hydrogen) atoms. The molecule has 5 heteroatoms. The van der Waals surface area contributed by atoms with Gasteiger partial charge >= 0.3 is 0 Å². The number of carbonyl (C=O) groups is 2. The van der Waals surface area contributed by atoms with E-state index in [0.717, 1.165) is 36.2 Å². The summed E-state index contributed by atoms with van der Waals surface area (Å²) in [6.07, 6.45) is 3.69. The second-order valence-electron chi connectivity index (χ2n) is 8.09. The van der Waals surface area contributed by atoms with E-state index in [-0.39, 0.29) is 23.8 Å². The first-order chi connectivity index (χ1) is 13.5. The third kappa shape index (κ3) is 3.67. The van der Waals surface area contributed by atoms with Gasteiger partial charge in [0.2, 0.25) is 11.8 Å². The molecule has 4 rings (SSSR count). The van der Waals surface area contributed by atoms with Gasteiger partial charge in [0.1, 0.15) is 0 Å². The van der Waals surface area contributed by atoms with Crippen LogP contribution in [-0.4, -0.2) is 24.9 Å². The smallest absolute Gasteiger partial charge is 0.231 e. The van der Waals surface area contributed by atoms with E-state index >= 15 is 0 Å². The monoisotopic (exact) mass is 377 g/mol. The summed E-state index contributed by atoms with van der Waals surface area (Å²) < 4.78 is 0. The van der Waals surface area contributed by atoms with Crippen LogP contribution in [0.4, 0.5) is 11.4 Å². The first-order valence-corrected chi connectivity index (χ1v) is 10.00. The van der Waals surface area contributed by atoms with Crippen molar-refractivity contribution in [3.05, 3.63) is 60.2 Å². The SMILES string of the molecule is CN(C(=O)Cc1ccc(NC(=O)C2C3CCC(C3)C2N)cc1)c1ccccc1. The number of likely N-dealkylation sites (N-methyl/N-ethyl adjacent to an activating group) is 1. The van der Waals surface area contributed by atoms with Crippen molar-refractivity contribution in [1.29, 1.82) is 0 Å². The fraction of sp³-hybridized carbons (Fsp3) is 0.391. The van der Waals surface area contributed by atoms with Gasteiger partial charge in [0.15, 0.2) is 0 Å². The molecule has 2 amide bonds. The molecular weight excluding hydrogens is 350 g/mol. The third-order valence-electron chi connectivity index (χ3n) is 6.38. The molecule has 2 bridgehead atoms. The normalized spacial score (nSPS) is 25.5. The van der Waals surface area contributed by atoms with E-state index in [1.165, 1.54) is 0 Å². The summed E-state index contributed by atoms with van der Waals surface area (Å²) in [6, 6.07) is 17.1. The average molecular weight is 377 g/mol. The van der Waals surface area contributed by atoms with E-state index in [1.54, 1.807) is 11.9 Å². The Hall–Kier alpha value is -2.66. The Kier molecular flexibility index (Phi) is 5.18. The number of nitrogens with one attached hydrogen (secondary N) is 1. The number of hydrogen-bond acceptors (Lipinski definition) is 3. The molecule has 0 aromatic heterocycles. The number of carbonyl (C=O) groups excluding carboxylic acids is 2. The minimum absolute atomic E-state index is 0.0100. The second kappa shape index (κ2) is 7.76. The molecular formula is C23H27N3O2. The zero-order chi connectivity index (χ0) is 19.7. The van der Waals surface area contributed by atoms with Crippen molar-refractivity contribution in [2.45, 2.75) is 31.7 Å². The van der Waals surface area contributed by atoms with Crippen molar-refractivity contribution in [3.8, 4) is 0 Å². The molecule has 4 atom stereocenters. The number of hydrogen-bond donors (Lipinski definition) is 2. The molecule has 0 spiro atoms. The lowest BCUT2D eigenvalue weighted by molar-refractivity contribution is -0.122. The van der Waals surface area contributed by atoms with Crippen LogP contribution >= 0.6 is 0 Å². The first-order valence-electron chi connectivity index (χ1n) is 10.00. The molecule has 0 saturated heterocycles. The van der Waals surface area contributed by atoms with E-state index in [4.69, 9.17) is 5.73 Å². The van der Waals surface area contributed by atoms with Crippen molar-refractivity contribution in [2.24, 2.45) is 23.5 Å². The number of para-hydroxylation sites is 1. The van der Waals surface area contributed by atoms with Crippen molar-refractivity contribution in [2.75, 3.05) is 17.3 Å². The fourth-order valence-electron chi connectivity index (χ4n) is 4.75. The molecule has 4 unspecified atom stereocenters. The maximum Gasteiger partial charge on any atom is 0.231 e. The lowest BCUT2D eigenvalue weighted by Gasteiger charge is -2.27. The van der Waals surface area contributed by atoms with Crippen LogP contribution in [0.3, 0.4) is 0 Å². The highest BCUT2D eigenvalue weighted by molar-refractivity contribution is 5.95. The van der Waals surface area contributed by atoms with Gasteiger partial charge in [0, 0.05) is 24.5 Å². The summed E-state index contributed by atoms with van der Waals surface area (Å²) >= 11 is 0. The topological polar surface area (TPSA) is 75.4 Å². The van der Waals surface area contributed by atoms with Crippen LogP contribution in [0.2, 0.25) is 0 Å². The highest BCUT2D eigenvalue weighted by Crippen LogP contribution is 2.47. The summed E-state index contributed by atoms with van der Waals surface area (Å²) in [6.45, 7) is 0. The van der Waals surface area contributed by atoms with E-state index in [9.17, 15) is 9.59 Å². The zero-order valence-corrected chi connectivity index (χ0v) is 16.2. The van der Waals surface area contributed by atoms with E-state index in [1.807, 2.05) is 54.6 Å². The molecule has 3 N–H and O–H groups in total. The van der Waals surface area contributed by atoms with Crippen molar-refractivity contribution < 1.29 is 9.59 Å². The van der Waals surface area contributed by atoms with Crippen LogP contribution in [0, 0.1) is 17.8 Å². The van der Waals surface area contributed by atoms with Gasteiger partial charge in [0.25, 0.3) is 0 Å². The maximum atomic E-state index is 12.7. The summed E-state index contributed by atoms with van der Waals surface area (Å²) in [5, 5.41) is 3.01. The highest BCUT2D eigenvalue weighted by Gasteiger charge is 2.49. The van der Waals surface area contributed by atoms with Crippen LogP contribution in [-0.2, 0) is 16.0 Å². The first kappa shape index (κ1) is 18.7. The summed E-state index contributed by atoms with van der Waals surface area (Å²) in [5.41, 5.74) is 8.82. The van der Waals surface area contributed by atoms with Crippen LogP contribution in [0.5, 0.6) is 0 Å². The van der Waals surface area contributed by atoms with Gasteiger partial charge in [0.05, 0.1) is 12.3 Å². The Morgan fingerprint density at radius 1 is 1.04 bits per heavy atom. The minimum Gasteiger partial charge on any atom is -0.327 e. The molecule has 146 valence electrons. The standard InChI is InChI=1S/C23H27N3O2/c1-26(19-5-3-2-4-6-19)20(27)13-15-7-11-18(12-8-15)25-23(28)21-16-9-10-17(14-16)22(21)24/h2-8,11-12,16-17,21-22H,9-10,13-14,24H2,1H3,(H,25,28). The average Bonchev–Trinajstić information content (AvgIpc) is 3.30. The maximum absolute atomic E-state index is 12.7. The lowest BCUT2D eigenvalue weighted by Crippen LogP contribution is -2.42. The molecule has 2 aliphatic carbocycles. The van der Waals surface area contributed by atoms with Crippen molar-refractivity contribution >= 4 is 23.2 Å². The van der Waals surface area contributed by atoms with Gasteiger partial charge in [-0.05, 0) is 60.9 Å². The van der Waals surface area contributed by atoms with Crippen LogP contribution in [0.25, 0.3) is 0 Å². The number of anilines is 2. The lowest BCUT2D eigenvalue weighted by atomic mass is 9.84. The summed E-state index contributed by atoms with van der Waals surface area (Å²) in [5.74, 6) is 0.934. The summed E-state index contributed by atoms with van der Waals surface area (Å²) in [4.78, 5) is 26.8. The minimum atomic E-state index is -0.0699. The van der Waals surface area contributed by atoms with Gasteiger partial charge in [-0.3, -0.25) is 9.59 Å². The largest absolute Gasteiger partial charge is 0.327 e. The molecule has 2 fully saturated rings. The third-order valence-corrected chi connectivity index (χ3v) is 6.38. The molecule has 0 heterocycles. The zero-order valence-electron chi connectivity index (χ0n) is 16.2. The van der Waals surface area contributed by atoms with Gasteiger partial charge in [-0.2, -0.15) is 0 Å². The Balaban J connectivity index is 1.35. The van der Waals surface area contributed by atoms with E-state index < -0.39 is 0 Å². The number of fused-ring (bicyclic) bond motifs is 2. The van der Waals surface area contributed by atoms with Gasteiger partial charge in [-0.25, -0.2) is 0 Å². The quantitative estimate of drug-likeness (QED) is 0.840. The number of nitrogens with zero attached hydrogens (tertiary/aromatic N) is 1. The number of benzene rings is 2. The molecule has 0 radical (unpaired) electrons. The van der Waals surface area contributed by atoms with E-state index in [2.05, 4.69) is 5.32 Å². The predicted octanol–water partition coefficient (Wildman–Crippen LogP) is 3.20. The summed E-state index contributed by atoms with van der Waals surface area (Å²) in [7, 11) is 1.78. The Morgan fingerprint density at radius 2 is 1.71 bits per heavy atom. The second-order valence-corrected chi connectivity index (χ2v) is 8.09. The Labute approximate surface area is 165 Å². The Bertz CT molecular complexity index is 848. The van der Waals surface area contributed by atoms with Gasteiger partial charge in [-0.15, -0.1) is 0 Å². The van der Waals surface area contributed by atoms with Crippen molar-refractivity contribution in [1.82, 2.24) is 0 Å². The predicted molar refractivity (Wildman–Crippen MR) is 111 cm³/mol. The highest BCUT2D eigenvalue weighted by atomic mass is 16.2.